The van der Waals surface area contributed by atoms with Crippen molar-refractivity contribution in [1.29, 1.82) is 0 Å². The largest absolute Gasteiger partial charge is 0.391 e. The van der Waals surface area contributed by atoms with E-state index in [4.69, 9.17) is 5.11 Å². The van der Waals surface area contributed by atoms with E-state index in [1.54, 1.807) is 0 Å². The molecule has 0 aliphatic heterocycles. The predicted octanol–water partition coefficient (Wildman–Crippen LogP) is 5.75. The lowest BCUT2D eigenvalue weighted by molar-refractivity contribution is -0.191. The van der Waals surface area contributed by atoms with Gasteiger partial charge < -0.3 is 15.3 Å². The summed E-state index contributed by atoms with van der Waals surface area (Å²) < 4.78 is 0. The number of hydrogen-bond donors (Lipinski definition) is 3. The van der Waals surface area contributed by atoms with Crippen molar-refractivity contribution >= 4 is 0 Å². The lowest BCUT2D eigenvalue weighted by atomic mass is 9.91. The molecule has 0 saturated heterocycles. The molecule has 3 N–H and O–H groups in total. The lowest BCUT2D eigenvalue weighted by Gasteiger charge is -2.17. The van der Waals surface area contributed by atoms with Gasteiger partial charge in [0.25, 0.3) is 0 Å². The molecule has 1 saturated carbocycles. The van der Waals surface area contributed by atoms with Crippen LogP contribution in [-0.2, 0) is 0 Å². The van der Waals surface area contributed by atoms with Crippen molar-refractivity contribution in [3.63, 3.8) is 0 Å². The van der Waals surface area contributed by atoms with Crippen molar-refractivity contribution in [1.82, 2.24) is 0 Å². The van der Waals surface area contributed by atoms with E-state index in [0.29, 0.717) is 6.42 Å². The molecule has 1 aliphatic carbocycles. The Labute approximate surface area is 167 Å². The maximum Gasteiger partial charge on any atom is 0.186 e. The molecule has 0 spiro atoms. The third-order valence-corrected chi connectivity index (χ3v) is 6.03. The highest BCUT2D eigenvalue weighted by atomic mass is 16.5. The summed E-state index contributed by atoms with van der Waals surface area (Å²) in [5.41, 5.74) is 0. The summed E-state index contributed by atoms with van der Waals surface area (Å²) in [6, 6.07) is 0. The van der Waals surface area contributed by atoms with E-state index in [9.17, 15) is 10.2 Å². The summed E-state index contributed by atoms with van der Waals surface area (Å²) in [5.74, 6) is 0.447. The van der Waals surface area contributed by atoms with Gasteiger partial charge in [0.15, 0.2) is 5.79 Å². The molecule has 0 radical (unpaired) electrons. The summed E-state index contributed by atoms with van der Waals surface area (Å²) in [4.78, 5) is 0. The molecule has 3 nitrogen and oxygen atoms in total. The van der Waals surface area contributed by atoms with Crippen LogP contribution >= 0.6 is 0 Å². The van der Waals surface area contributed by atoms with Gasteiger partial charge >= 0.3 is 0 Å². The van der Waals surface area contributed by atoms with Crippen molar-refractivity contribution in [3.05, 3.63) is 24.3 Å². The van der Waals surface area contributed by atoms with Gasteiger partial charge in [0.05, 0.1) is 6.61 Å². The summed E-state index contributed by atoms with van der Waals surface area (Å²) >= 11 is 0. The number of rotatable bonds is 15. The van der Waals surface area contributed by atoms with Crippen LogP contribution in [0.3, 0.4) is 0 Å². The van der Waals surface area contributed by atoms with Crippen LogP contribution in [0.4, 0.5) is 0 Å². The van der Waals surface area contributed by atoms with Gasteiger partial charge in [0.1, 0.15) is 0 Å². The molecule has 0 aromatic heterocycles. The molecule has 0 heterocycles. The average molecular weight is 381 g/mol. The Morgan fingerprint density at radius 2 is 1.81 bits per heavy atom. The Bertz CT molecular complexity index is 414. The molecule has 0 amide bonds. The van der Waals surface area contributed by atoms with Gasteiger partial charge in [-0.3, -0.25) is 0 Å². The maximum atomic E-state index is 9.35. The second-order valence-corrected chi connectivity index (χ2v) is 8.70. The SMILES string of the molecule is CCCCCC(C)CC/C=C/[C@H]1CCC[C@@H]1C/C=C\CCCC(O)(O)CO. The second-order valence-electron chi connectivity index (χ2n) is 8.70. The van der Waals surface area contributed by atoms with Crippen LogP contribution in [0, 0.1) is 17.8 Å². The Hall–Kier alpha value is -0.640. The molecule has 0 aromatic carbocycles. The molecule has 1 rings (SSSR count). The van der Waals surface area contributed by atoms with Gasteiger partial charge in [0.2, 0.25) is 0 Å². The van der Waals surface area contributed by atoms with Crippen molar-refractivity contribution in [2.45, 2.75) is 103 Å². The van der Waals surface area contributed by atoms with E-state index in [2.05, 4.69) is 38.2 Å². The highest BCUT2D eigenvalue weighted by Gasteiger charge is 2.23. The van der Waals surface area contributed by atoms with Crippen LogP contribution in [0.25, 0.3) is 0 Å². The molecule has 1 unspecified atom stereocenters. The normalized spacial score (nSPS) is 22.3. The first-order valence-corrected chi connectivity index (χ1v) is 11.4. The van der Waals surface area contributed by atoms with Gasteiger partial charge in [-0.2, -0.15) is 0 Å². The van der Waals surface area contributed by atoms with Crippen LogP contribution in [0.2, 0.25) is 0 Å². The fourth-order valence-electron chi connectivity index (χ4n) is 4.12. The zero-order valence-electron chi connectivity index (χ0n) is 17.8. The molecule has 3 atom stereocenters. The lowest BCUT2D eigenvalue weighted by Crippen LogP contribution is -2.32. The number of aliphatic hydroxyl groups excluding tert-OH is 1. The number of unbranched alkanes of at least 4 members (excludes halogenated alkanes) is 3. The van der Waals surface area contributed by atoms with Crippen molar-refractivity contribution in [2.75, 3.05) is 6.61 Å². The van der Waals surface area contributed by atoms with Crippen LogP contribution in [-0.4, -0.2) is 27.7 Å². The average Bonchev–Trinajstić information content (AvgIpc) is 3.09. The fourth-order valence-corrected chi connectivity index (χ4v) is 4.12. The Morgan fingerprint density at radius 1 is 1.00 bits per heavy atom. The van der Waals surface area contributed by atoms with E-state index in [-0.39, 0.29) is 6.42 Å². The molecule has 0 bridgehead atoms. The van der Waals surface area contributed by atoms with Gasteiger partial charge in [-0.05, 0) is 62.7 Å². The third-order valence-electron chi connectivity index (χ3n) is 6.03. The zero-order chi connectivity index (χ0) is 20.0. The first-order valence-electron chi connectivity index (χ1n) is 11.4. The molecule has 1 aliphatic rings. The standard InChI is InChI=1S/C24H44O3/c1-3-4-7-13-21(2)14-9-10-16-23-18-12-17-22(23)15-8-5-6-11-19-24(26,27)20-25/h5,8,10,16,21-23,25-27H,3-4,6-7,9,11-15,17-20H2,1-2H3/b8-5-,16-10+/t21?,22-,23-/m0/s1. The highest BCUT2D eigenvalue weighted by molar-refractivity contribution is 4.98. The molecule has 158 valence electrons. The predicted molar refractivity (Wildman–Crippen MR) is 114 cm³/mol. The monoisotopic (exact) mass is 380 g/mol. The number of aliphatic hydroxyl groups is 3. The van der Waals surface area contributed by atoms with Crippen molar-refractivity contribution in [2.24, 2.45) is 17.8 Å². The second kappa shape index (κ2) is 14.4. The zero-order valence-corrected chi connectivity index (χ0v) is 17.8. The minimum absolute atomic E-state index is 0.222. The topological polar surface area (TPSA) is 60.7 Å². The van der Waals surface area contributed by atoms with Gasteiger partial charge in [-0.25, -0.2) is 0 Å². The molecule has 1 fully saturated rings. The first kappa shape index (κ1) is 24.4. The number of allylic oxidation sites excluding steroid dienone is 4. The van der Waals surface area contributed by atoms with Gasteiger partial charge in [-0.15, -0.1) is 0 Å². The smallest absolute Gasteiger partial charge is 0.186 e. The Kier molecular flexibility index (Phi) is 13.0. The van der Waals surface area contributed by atoms with E-state index >= 15 is 0 Å². The van der Waals surface area contributed by atoms with E-state index in [1.807, 2.05) is 0 Å². The van der Waals surface area contributed by atoms with Gasteiger partial charge in [-0.1, -0.05) is 70.3 Å². The highest BCUT2D eigenvalue weighted by Crippen LogP contribution is 2.35. The molecular formula is C24H44O3. The molecule has 27 heavy (non-hydrogen) atoms. The van der Waals surface area contributed by atoms with Crippen LogP contribution in [0.5, 0.6) is 0 Å². The minimum Gasteiger partial charge on any atom is -0.391 e. The van der Waals surface area contributed by atoms with E-state index in [0.717, 1.165) is 30.6 Å². The molecular weight excluding hydrogens is 336 g/mol. The van der Waals surface area contributed by atoms with Crippen LogP contribution in [0.1, 0.15) is 97.3 Å². The maximum absolute atomic E-state index is 9.35. The van der Waals surface area contributed by atoms with E-state index < -0.39 is 12.4 Å². The van der Waals surface area contributed by atoms with E-state index in [1.165, 1.54) is 57.8 Å². The van der Waals surface area contributed by atoms with Crippen molar-refractivity contribution < 1.29 is 15.3 Å². The van der Waals surface area contributed by atoms with Crippen LogP contribution < -0.4 is 0 Å². The number of hydrogen-bond acceptors (Lipinski definition) is 3. The Balaban J connectivity index is 2.18. The molecule has 0 aromatic rings. The quantitative estimate of drug-likeness (QED) is 0.193. The summed E-state index contributed by atoms with van der Waals surface area (Å²) in [6.07, 6.45) is 24.2. The minimum atomic E-state index is -1.91. The third kappa shape index (κ3) is 11.7. The molecule has 3 heteroatoms. The van der Waals surface area contributed by atoms with Gasteiger partial charge in [0, 0.05) is 6.42 Å². The summed E-state index contributed by atoms with van der Waals surface area (Å²) in [5, 5.41) is 27.5. The Morgan fingerprint density at radius 3 is 2.56 bits per heavy atom. The fraction of sp³-hybridized carbons (Fsp3) is 0.833. The first-order chi connectivity index (χ1) is 13.0. The van der Waals surface area contributed by atoms with Crippen LogP contribution in [0.15, 0.2) is 24.3 Å². The summed E-state index contributed by atoms with van der Waals surface area (Å²) in [7, 11) is 0. The van der Waals surface area contributed by atoms with Crippen molar-refractivity contribution in [3.8, 4) is 0 Å². The summed E-state index contributed by atoms with van der Waals surface area (Å²) in [6.45, 7) is 4.07.